The van der Waals surface area contributed by atoms with Gasteiger partial charge in [-0.25, -0.2) is 9.59 Å². The van der Waals surface area contributed by atoms with Crippen LogP contribution in [0.2, 0.25) is 0 Å². The summed E-state index contributed by atoms with van der Waals surface area (Å²) in [6.45, 7) is 4.28. The third kappa shape index (κ3) is 3.24. The molecule has 0 aliphatic carbocycles. The van der Waals surface area contributed by atoms with E-state index < -0.39 is 5.97 Å². The van der Waals surface area contributed by atoms with Gasteiger partial charge in [0.2, 0.25) is 0 Å². The van der Waals surface area contributed by atoms with Crippen LogP contribution in [0.3, 0.4) is 0 Å². The number of likely N-dealkylation sites (N-methyl/N-ethyl adjacent to an activating group) is 1. The van der Waals surface area contributed by atoms with E-state index in [-0.39, 0.29) is 17.6 Å². The van der Waals surface area contributed by atoms with E-state index in [1.807, 2.05) is 14.0 Å². The normalized spacial score (nSPS) is 19.7. The maximum absolute atomic E-state index is 12.2. The van der Waals surface area contributed by atoms with E-state index >= 15 is 0 Å². The zero-order valence-corrected chi connectivity index (χ0v) is 11.5. The van der Waals surface area contributed by atoms with Gasteiger partial charge in [0.25, 0.3) is 0 Å². The molecule has 0 spiro atoms. The highest BCUT2D eigenvalue weighted by molar-refractivity contribution is 5.92. The standard InChI is InChI=1S/C13H18N4O3/c1-9-8-16(2)3-4-17(9)13(20)15-11-5-10(12(18)19)6-14-7-11/h5-7,9H,3-4,8H2,1-2H3,(H,15,20)(H,18,19). The summed E-state index contributed by atoms with van der Waals surface area (Å²) in [6.07, 6.45) is 2.68. The molecule has 108 valence electrons. The molecule has 20 heavy (non-hydrogen) atoms. The zero-order chi connectivity index (χ0) is 14.7. The minimum absolute atomic E-state index is 0.0502. The van der Waals surface area contributed by atoms with Crippen LogP contribution in [0.5, 0.6) is 0 Å². The van der Waals surface area contributed by atoms with Gasteiger partial charge in [0.1, 0.15) is 0 Å². The van der Waals surface area contributed by atoms with Crippen LogP contribution in [0.1, 0.15) is 17.3 Å². The van der Waals surface area contributed by atoms with Gasteiger partial charge in [-0.1, -0.05) is 0 Å². The second-order valence-electron chi connectivity index (χ2n) is 5.00. The smallest absolute Gasteiger partial charge is 0.337 e. The van der Waals surface area contributed by atoms with Crippen molar-refractivity contribution in [3.8, 4) is 0 Å². The van der Waals surface area contributed by atoms with Crippen LogP contribution in [-0.4, -0.2) is 64.6 Å². The van der Waals surface area contributed by atoms with Crippen LogP contribution < -0.4 is 5.32 Å². The third-order valence-electron chi connectivity index (χ3n) is 3.33. The SMILES string of the molecule is CC1CN(C)CCN1C(=O)Nc1cncc(C(=O)O)c1. The number of carbonyl (C=O) groups is 2. The maximum atomic E-state index is 12.2. The van der Waals surface area contributed by atoms with Crippen molar-refractivity contribution in [2.75, 3.05) is 32.0 Å². The van der Waals surface area contributed by atoms with Crippen molar-refractivity contribution in [3.05, 3.63) is 24.0 Å². The zero-order valence-electron chi connectivity index (χ0n) is 11.5. The lowest BCUT2D eigenvalue weighted by Gasteiger charge is -2.38. The van der Waals surface area contributed by atoms with Gasteiger partial charge in [0.15, 0.2) is 0 Å². The number of aromatic nitrogens is 1. The summed E-state index contributed by atoms with van der Waals surface area (Å²) < 4.78 is 0. The average Bonchev–Trinajstić information content (AvgIpc) is 2.38. The molecule has 1 unspecified atom stereocenters. The molecule has 1 saturated heterocycles. The molecular formula is C13H18N4O3. The van der Waals surface area contributed by atoms with Gasteiger partial charge in [-0.2, -0.15) is 0 Å². The minimum atomic E-state index is -1.07. The monoisotopic (exact) mass is 278 g/mol. The number of nitrogens with zero attached hydrogens (tertiary/aromatic N) is 3. The van der Waals surface area contributed by atoms with Gasteiger partial charge in [0.05, 0.1) is 17.4 Å². The predicted octanol–water partition coefficient (Wildman–Crippen LogP) is 0.948. The molecule has 7 heteroatoms. The number of rotatable bonds is 2. The van der Waals surface area contributed by atoms with Crippen molar-refractivity contribution >= 4 is 17.7 Å². The minimum Gasteiger partial charge on any atom is -0.478 e. The average molecular weight is 278 g/mol. The highest BCUT2D eigenvalue weighted by atomic mass is 16.4. The second-order valence-corrected chi connectivity index (χ2v) is 5.00. The summed E-state index contributed by atoms with van der Waals surface area (Å²) in [4.78, 5) is 30.8. The molecule has 2 rings (SSSR count). The first-order valence-electron chi connectivity index (χ1n) is 6.42. The molecule has 0 bridgehead atoms. The van der Waals surface area contributed by atoms with Gasteiger partial charge < -0.3 is 20.2 Å². The highest BCUT2D eigenvalue weighted by Gasteiger charge is 2.25. The number of anilines is 1. The number of aromatic carboxylic acids is 1. The van der Waals surface area contributed by atoms with Crippen LogP contribution in [-0.2, 0) is 0 Å². The van der Waals surface area contributed by atoms with Crippen molar-refractivity contribution in [1.29, 1.82) is 0 Å². The van der Waals surface area contributed by atoms with Gasteiger partial charge >= 0.3 is 12.0 Å². The van der Waals surface area contributed by atoms with Gasteiger partial charge in [-0.05, 0) is 20.0 Å². The van der Waals surface area contributed by atoms with E-state index in [1.54, 1.807) is 4.90 Å². The molecule has 1 aromatic rings. The summed E-state index contributed by atoms with van der Waals surface area (Å²) in [5.41, 5.74) is 0.440. The predicted molar refractivity (Wildman–Crippen MR) is 73.9 cm³/mol. The van der Waals surface area contributed by atoms with Crippen LogP contribution >= 0.6 is 0 Å². The fourth-order valence-electron chi connectivity index (χ4n) is 2.26. The lowest BCUT2D eigenvalue weighted by atomic mass is 10.2. The van der Waals surface area contributed by atoms with E-state index in [1.165, 1.54) is 18.5 Å². The second kappa shape index (κ2) is 5.87. The molecule has 1 atom stereocenters. The molecule has 1 aromatic heterocycles. The number of nitrogens with one attached hydrogen (secondary N) is 1. The number of hydrogen-bond donors (Lipinski definition) is 2. The maximum Gasteiger partial charge on any atom is 0.337 e. The van der Waals surface area contributed by atoms with Crippen molar-refractivity contribution in [3.63, 3.8) is 0 Å². The van der Waals surface area contributed by atoms with E-state index in [4.69, 9.17) is 5.11 Å². The Hall–Kier alpha value is -2.15. The summed E-state index contributed by atoms with van der Waals surface area (Å²) >= 11 is 0. The lowest BCUT2D eigenvalue weighted by Crippen LogP contribution is -2.53. The first kappa shape index (κ1) is 14.3. The Balaban J connectivity index is 2.04. The van der Waals surface area contributed by atoms with Crippen LogP contribution in [0.25, 0.3) is 0 Å². The quantitative estimate of drug-likeness (QED) is 0.841. The van der Waals surface area contributed by atoms with Gasteiger partial charge in [0, 0.05) is 31.9 Å². The Labute approximate surface area is 117 Å². The van der Waals surface area contributed by atoms with E-state index in [0.29, 0.717) is 12.2 Å². The Morgan fingerprint density at radius 1 is 1.40 bits per heavy atom. The van der Waals surface area contributed by atoms with Crippen molar-refractivity contribution in [1.82, 2.24) is 14.8 Å². The van der Waals surface area contributed by atoms with E-state index in [9.17, 15) is 9.59 Å². The number of amides is 2. The first-order chi connectivity index (χ1) is 9.47. The molecule has 2 amide bonds. The van der Waals surface area contributed by atoms with E-state index in [2.05, 4.69) is 15.2 Å². The van der Waals surface area contributed by atoms with Crippen LogP contribution in [0, 0.1) is 0 Å². The Morgan fingerprint density at radius 2 is 2.15 bits per heavy atom. The van der Waals surface area contributed by atoms with E-state index in [0.717, 1.165) is 13.1 Å². The largest absolute Gasteiger partial charge is 0.478 e. The fourth-order valence-corrected chi connectivity index (χ4v) is 2.26. The van der Waals surface area contributed by atoms with Gasteiger partial charge in [-0.15, -0.1) is 0 Å². The van der Waals surface area contributed by atoms with Crippen molar-refractivity contribution in [2.45, 2.75) is 13.0 Å². The summed E-state index contributed by atoms with van der Waals surface area (Å²) in [5, 5.41) is 11.6. The number of urea groups is 1. The van der Waals surface area contributed by atoms with Crippen LogP contribution in [0.4, 0.5) is 10.5 Å². The number of carboxylic acids is 1. The topological polar surface area (TPSA) is 85.8 Å². The highest BCUT2D eigenvalue weighted by Crippen LogP contribution is 2.13. The summed E-state index contributed by atoms with van der Waals surface area (Å²) in [7, 11) is 2.02. The summed E-state index contributed by atoms with van der Waals surface area (Å²) in [6, 6.07) is 1.29. The molecule has 1 fully saturated rings. The Kier molecular flexibility index (Phi) is 4.19. The number of hydrogen-bond acceptors (Lipinski definition) is 4. The fraction of sp³-hybridized carbons (Fsp3) is 0.462. The molecular weight excluding hydrogens is 260 g/mol. The summed E-state index contributed by atoms with van der Waals surface area (Å²) in [5.74, 6) is -1.07. The molecule has 0 saturated carbocycles. The molecule has 1 aliphatic heterocycles. The van der Waals surface area contributed by atoms with Crippen molar-refractivity contribution in [2.24, 2.45) is 0 Å². The molecule has 2 heterocycles. The molecule has 2 N–H and O–H groups in total. The Bertz CT molecular complexity index is 520. The molecule has 7 nitrogen and oxygen atoms in total. The third-order valence-corrected chi connectivity index (χ3v) is 3.33. The number of carboxylic acid groups (broad SMARTS) is 1. The number of piperazine rings is 1. The lowest BCUT2D eigenvalue weighted by molar-refractivity contribution is 0.0696. The molecule has 1 aliphatic rings. The van der Waals surface area contributed by atoms with Gasteiger partial charge in [-0.3, -0.25) is 4.98 Å². The molecule has 0 aromatic carbocycles. The number of carbonyl (C=O) groups excluding carboxylic acids is 1. The van der Waals surface area contributed by atoms with Crippen molar-refractivity contribution < 1.29 is 14.7 Å². The van der Waals surface area contributed by atoms with Crippen LogP contribution in [0.15, 0.2) is 18.5 Å². The number of pyridine rings is 1. The first-order valence-corrected chi connectivity index (χ1v) is 6.42. The Morgan fingerprint density at radius 3 is 2.80 bits per heavy atom. The molecule has 0 radical (unpaired) electrons.